The minimum Gasteiger partial charge on any atom is -0.352 e. The van der Waals surface area contributed by atoms with Gasteiger partial charge in [-0.05, 0) is 73.9 Å². The van der Waals surface area contributed by atoms with Crippen LogP contribution in [0, 0.1) is 0 Å². The predicted molar refractivity (Wildman–Crippen MR) is 143 cm³/mol. The monoisotopic (exact) mass is 540 g/mol. The molecule has 2 amide bonds. The molecule has 0 heterocycles. The van der Waals surface area contributed by atoms with E-state index < -0.39 is 6.04 Å². The van der Waals surface area contributed by atoms with E-state index in [0.29, 0.717) is 27.9 Å². The first-order chi connectivity index (χ1) is 16.3. The molecule has 34 heavy (non-hydrogen) atoms. The number of carbonyl (C=O) groups excluding carboxylic acids is 2. The van der Waals surface area contributed by atoms with Gasteiger partial charge in [0.1, 0.15) is 6.04 Å². The molecule has 184 valence electrons. The number of nitrogens with one attached hydrogen (secondary N) is 1. The molecule has 1 aliphatic rings. The van der Waals surface area contributed by atoms with Crippen molar-refractivity contribution in [2.24, 2.45) is 0 Å². The summed E-state index contributed by atoms with van der Waals surface area (Å²) in [6.45, 7) is 2.06. The van der Waals surface area contributed by atoms with E-state index in [0.717, 1.165) is 41.9 Å². The molecule has 0 saturated heterocycles. The van der Waals surface area contributed by atoms with Crippen LogP contribution < -0.4 is 5.32 Å². The molecule has 1 atom stereocenters. The molecule has 2 aromatic carbocycles. The Labute approximate surface area is 221 Å². The molecule has 0 aromatic heterocycles. The average molecular weight is 542 g/mol. The summed E-state index contributed by atoms with van der Waals surface area (Å²) in [6.07, 6.45) is 6.53. The van der Waals surface area contributed by atoms with Crippen LogP contribution >= 0.6 is 46.6 Å². The van der Waals surface area contributed by atoms with Gasteiger partial charge in [0.25, 0.3) is 0 Å². The molecule has 0 spiro atoms. The van der Waals surface area contributed by atoms with Crippen molar-refractivity contribution in [3.63, 3.8) is 0 Å². The number of thioether (sulfide) groups is 1. The van der Waals surface area contributed by atoms with Gasteiger partial charge >= 0.3 is 0 Å². The van der Waals surface area contributed by atoms with Crippen molar-refractivity contribution < 1.29 is 9.59 Å². The highest BCUT2D eigenvalue weighted by molar-refractivity contribution is 7.99. The highest BCUT2D eigenvalue weighted by Gasteiger charge is 2.28. The highest BCUT2D eigenvalue weighted by atomic mass is 35.5. The van der Waals surface area contributed by atoms with Crippen LogP contribution in [0.25, 0.3) is 0 Å². The third kappa shape index (κ3) is 8.37. The largest absolute Gasteiger partial charge is 0.352 e. The maximum absolute atomic E-state index is 13.3. The SMILES string of the molecule is C[C@@H](C(=O)NC1CCCCC1)N(Cc1ccc(Cl)cc1Cl)C(=O)CCCSc1ccc(Cl)cc1. The van der Waals surface area contributed by atoms with Crippen molar-refractivity contribution in [3.8, 4) is 0 Å². The Morgan fingerprint density at radius 2 is 1.71 bits per heavy atom. The highest BCUT2D eigenvalue weighted by Crippen LogP contribution is 2.25. The fraction of sp³-hybridized carbons (Fsp3) is 0.462. The average Bonchev–Trinajstić information content (AvgIpc) is 2.82. The van der Waals surface area contributed by atoms with E-state index in [1.807, 2.05) is 30.3 Å². The van der Waals surface area contributed by atoms with Crippen LogP contribution in [0.3, 0.4) is 0 Å². The van der Waals surface area contributed by atoms with Crippen molar-refractivity contribution in [3.05, 3.63) is 63.1 Å². The molecule has 1 saturated carbocycles. The summed E-state index contributed by atoms with van der Waals surface area (Å²) in [4.78, 5) is 29.1. The normalized spacial score (nSPS) is 15.1. The topological polar surface area (TPSA) is 49.4 Å². The number of halogens is 3. The molecule has 1 aliphatic carbocycles. The molecule has 1 fully saturated rings. The minimum atomic E-state index is -0.593. The Hall–Kier alpha value is -1.40. The standard InChI is InChI=1S/C26H31Cl3N2O2S/c1-18(26(33)30-22-6-3-2-4-7-22)31(17-19-9-10-21(28)16-24(19)29)25(32)8-5-15-34-23-13-11-20(27)12-14-23/h9-14,16,18,22H,2-8,15,17H2,1H3,(H,30,33)/t18-/m0/s1. The second-order valence-corrected chi connectivity index (χ2v) is 11.1. The quantitative estimate of drug-likeness (QED) is 0.252. The zero-order chi connectivity index (χ0) is 24.5. The predicted octanol–water partition coefficient (Wildman–Crippen LogP) is 7.39. The van der Waals surface area contributed by atoms with Gasteiger partial charge in [0.05, 0.1) is 0 Å². The first-order valence-corrected chi connectivity index (χ1v) is 13.9. The maximum atomic E-state index is 13.3. The van der Waals surface area contributed by atoms with Gasteiger partial charge in [-0.2, -0.15) is 0 Å². The van der Waals surface area contributed by atoms with E-state index in [4.69, 9.17) is 34.8 Å². The molecule has 0 bridgehead atoms. The van der Waals surface area contributed by atoms with Crippen LogP contribution in [-0.4, -0.2) is 34.6 Å². The van der Waals surface area contributed by atoms with Crippen LogP contribution in [0.4, 0.5) is 0 Å². The van der Waals surface area contributed by atoms with Crippen molar-refractivity contribution in [1.82, 2.24) is 10.2 Å². The summed E-state index contributed by atoms with van der Waals surface area (Å²) in [6, 6.07) is 12.5. The van der Waals surface area contributed by atoms with Gasteiger partial charge in [-0.25, -0.2) is 0 Å². The Morgan fingerprint density at radius 1 is 1.03 bits per heavy atom. The lowest BCUT2D eigenvalue weighted by Crippen LogP contribution is -2.50. The Morgan fingerprint density at radius 3 is 2.38 bits per heavy atom. The van der Waals surface area contributed by atoms with Crippen LogP contribution in [-0.2, 0) is 16.1 Å². The van der Waals surface area contributed by atoms with Crippen LogP contribution in [0.15, 0.2) is 47.4 Å². The van der Waals surface area contributed by atoms with E-state index in [1.54, 1.807) is 35.7 Å². The van der Waals surface area contributed by atoms with E-state index >= 15 is 0 Å². The van der Waals surface area contributed by atoms with Gasteiger partial charge < -0.3 is 10.2 Å². The second-order valence-electron chi connectivity index (χ2n) is 8.68. The number of amides is 2. The smallest absolute Gasteiger partial charge is 0.242 e. The summed E-state index contributed by atoms with van der Waals surface area (Å²) in [5, 5.41) is 4.89. The molecule has 1 N–H and O–H groups in total. The van der Waals surface area contributed by atoms with E-state index in [2.05, 4.69) is 5.32 Å². The number of hydrogen-bond acceptors (Lipinski definition) is 3. The number of hydrogen-bond donors (Lipinski definition) is 1. The van der Waals surface area contributed by atoms with Gasteiger partial charge in [0.2, 0.25) is 11.8 Å². The fourth-order valence-electron chi connectivity index (χ4n) is 4.07. The number of carbonyl (C=O) groups is 2. The molecular weight excluding hydrogens is 511 g/mol. The van der Waals surface area contributed by atoms with Crippen LogP contribution in [0.1, 0.15) is 57.4 Å². The summed E-state index contributed by atoms with van der Waals surface area (Å²) in [5.41, 5.74) is 0.771. The first kappa shape index (κ1) is 27.2. The molecule has 8 heteroatoms. The lowest BCUT2D eigenvalue weighted by molar-refractivity contribution is -0.141. The summed E-state index contributed by atoms with van der Waals surface area (Å²) >= 11 is 20.1. The molecule has 3 rings (SSSR count). The molecule has 4 nitrogen and oxygen atoms in total. The zero-order valence-electron chi connectivity index (χ0n) is 19.4. The lowest BCUT2D eigenvalue weighted by atomic mass is 9.95. The van der Waals surface area contributed by atoms with Crippen LogP contribution in [0.2, 0.25) is 15.1 Å². The molecular formula is C26H31Cl3N2O2S. The molecule has 0 aliphatic heterocycles. The van der Waals surface area contributed by atoms with Gasteiger partial charge in [0.15, 0.2) is 0 Å². The Kier molecular flexibility index (Phi) is 10.9. The van der Waals surface area contributed by atoms with Crippen molar-refractivity contribution in [2.45, 2.75) is 75.4 Å². The van der Waals surface area contributed by atoms with Crippen molar-refractivity contribution in [2.75, 3.05) is 5.75 Å². The van der Waals surface area contributed by atoms with Crippen molar-refractivity contribution >= 4 is 58.4 Å². The van der Waals surface area contributed by atoms with Gasteiger partial charge in [0, 0.05) is 39.0 Å². The first-order valence-electron chi connectivity index (χ1n) is 11.8. The van der Waals surface area contributed by atoms with Crippen LogP contribution in [0.5, 0.6) is 0 Å². The second kappa shape index (κ2) is 13.6. The molecule has 2 aromatic rings. The van der Waals surface area contributed by atoms with E-state index in [1.165, 1.54) is 6.42 Å². The number of rotatable bonds is 10. The van der Waals surface area contributed by atoms with E-state index in [-0.39, 0.29) is 24.4 Å². The third-order valence-corrected chi connectivity index (χ3v) is 8.03. The van der Waals surface area contributed by atoms with Gasteiger partial charge in [-0.3, -0.25) is 9.59 Å². The lowest BCUT2D eigenvalue weighted by Gasteiger charge is -2.31. The zero-order valence-corrected chi connectivity index (χ0v) is 22.5. The summed E-state index contributed by atoms with van der Waals surface area (Å²) < 4.78 is 0. The molecule has 0 unspecified atom stereocenters. The summed E-state index contributed by atoms with van der Waals surface area (Å²) in [5.74, 6) is 0.626. The minimum absolute atomic E-state index is 0.0611. The fourth-order valence-corrected chi connectivity index (χ4v) is 5.52. The number of nitrogens with zero attached hydrogens (tertiary/aromatic N) is 1. The van der Waals surface area contributed by atoms with E-state index in [9.17, 15) is 9.59 Å². The molecule has 0 radical (unpaired) electrons. The van der Waals surface area contributed by atoms with Crippen molar-refractivity contribution in [1.29, 1.82) is 0 Å². The third-order valence-electron chi connectivity index (χ3n) is 6.09. The van der Waals surface area contributed by atoms with Gasteiger partial charge in [-0.15, -0.1) is 11.8 Å². The number of benzene rings is 2. The summed E-state index contributed by atoms with van der Waals surface area (Å²) in [7, 11) is 0. The Bertz CT molecular complexity index is 965. The van der Waals surface area contributed by atoms with Gasteiger partial charge in [-0.1, -0.05) is 60.1 Å². The Balaban J connectivity index is 1.63. The maximum Gasteiger partial charge on any atom is 0.242 e.